The molecule has 0 aliphatic carbocycles. The van der Waals surface area contributed by atoms with Crippen molar-refractivity contribution in [1.29, 1.82) is 0 Å². The second kappa shape index (κ2) is 6.97. The van der Waals surface area contributed by atoms with Crippen LogP contribution < -0.4 is 0 Å². The number of aromatic nitrogens is 2. The second-order valence-electron chi connectivity index (χ2n) is 5.28. The number of likely N-dealkylation sites (tertiary alicyclic amines) is 1. The molecule has 0 radical (unpaired) electrons. The summed E-state index contributed by atoms with van der Waals surface area (Å²) in [5, 5.41) is 2.27. The van der Waals surface area contributed by atoms with E-state index in [1.165, 1.54) is 43.6 Å². The van der Waals surface area contributed by atoms with Crippen LogP contribution in [0.2, 0.25) is 0 Å². The molecule has 21 heavy (non-hydrogen) atoms. The van der Waals surface area contributed by atoms with Crippen molar-refractivity contribution in [2.24, 2.45) is 0 Å². The fourth-order valence-corrected chi connectivity index (χ4v) is 3.88. The quantitative estimate of drug-likeness (QED) is 0.688. The molecule has 1 aliphatic rings. The topological polar surface area (TPSA) is 20.5 Å². The molecule has 3 aromatic rings. The zero-order valence-electron chi connectivity index (χ0n) is 11.7. The van der Waals surface area contributed by atoms with E-state index in [0.29, 0.717) is 0 Å². The summed E-state index contributed by atoms with van der Waals surface area (Å²) in [4.78, 5) is 8.38. The molecule has 6 heteroatoms. The average molecular weight is 344 g/mol. The van der Waals surface area contributed by atoms with Gasteiger partial charge in [0.25, 0.3) is 0 Å². The maximum absolute atomic E-state index is 4.69. The lowest BCUT2D eigenvalue weighted by atomic mass is 10.1. The third kappa shape index (κ3) is 3.04. The van der Waals surface area contributed by atoms with Gasteiger partial charge in [-0.15, -0.1) is 36.2 Å². The molecule has 1 saturated heterocycles. The standard InChI is InChI=1S/C15H17N3S.2ClH/c1-4-8-17(9-5-1)10-12-11-19-15-16-13-6-2-3-7-14(13)18(12)15;;/h2-3,6-7,11H,1,4-5,8-10H2;2*1H. The Hall–Kier alpha value is -0.810. The fourth-order valence-electron chi connectivity index (χ4n) is 2.99. The van der Waals surface area contributed by atoms with Gasteiger partial charge in [-0.25, -0.2) is 4.98 Å². The van der Waals surface area contributed by atoms with E-state index in [4.69, 9.17) is 4.98 Å². The zero-order valence-corrected chi connectivity index (χ0v) is 14.1. The largest absolute Gasteiger partial charge is 0.298 e. The molecular formula is C15H19Cl2N3S. The van der Waals surface area contributed by atoms with Crippen LogP contribution in [0.25, 0.3) is 16.0 Å². The molecule has 1 aromatic carbocycles. The van der Waals surface area contributed by atoms with Crippen LogP contribution in [-0.4, -0.2) is 27.4 Å². The molecule has 0 atom stereocenters. The van der Waals surface area contributed by atoms with E-state index < -0.39 is 0 Å². The molecule has 2 aromatic heterocycles. The van der Waals surface area contributed by atoms with Gasteiger partial charge in [0.2, 0.25) is 0 Å². The molecule has 0 amide bonds. The van der Waals surface area contributed by atoms with Crippen molar-refractivity contribution in [1.82, 2.24) is 14.3 Å². The lowest BCUT2D eigenvalue weighted by Crippen LogP contribution is -2.29. The summed E-state index contributed by atoms with van der Waals surface area (Å²) in [7, 11) is 0. The van der Waals surface area contributed by atoms with E-state index >= 15 is 0 Å². The summed E-state index contributed by atoms with van der Waals surface area (Å²) in [6.07, 6.45) is 4.08. The maximum atomic E-state index is 4.69. The number of rotatable bonds is 2. The minimum absolute atomic E-state index is 0. The highest BCUT2D eigenvalue weighted by Crippen LogP contribution is 2.25. The number of fused-ring (bicyclic) bond motifs is 3. The number of benzene rings is 1. The van der Waals surface area contributed by atoms with E-state index in [1.54, 1.807) is 11.3 Å². The number of hydrogen-bond acceptors (Lipinski definition) is 3. The van der Waals surface area contributed by atoms with Crippen molar-refractivity contribution in [2.45, 2.75) is 25.8 Å². The Morgan fingerprint density at radius 3 is 2.62 bits per heavy atom. The van der Waals surface area contributed by atoms with Gasteiger partial charge in [-0.05, 0) is 38.1 Å². The van der Waals surface area contributed by atoms with Crippen molar-refractivity contribution < 1.29 is 0 Å². The molecule has 3 heterocycles. The Morgan fingerprint density at radius 1 is 1.05 bits per heavy atom. The monoisotopic (exact) mass is 343 g/mol. The predicted molar refractivity (Wildman–Crippen MR) is 94.2 cm³/mol. The van der Waals surface area contributed by atoms with Gasteiger partial charge in [0, 0.05) is 17.6 Å². The Morgan fingerprint density at radius 2 is 1.81 bits per heavy atom. The Kier molecular flexibility index (Phi) is 5.49. The number of imidazole rings is 1. The van der Waals surface area contributed by atoms with E-state index in [-0.39, 0.29) is 24.8 Å². The van der Waals surface area contributed by atoms with E-state index in [0.717, 1.165) is 17.0 Å². The lowest BCUT2D eigenvalue weighted by molar-refractivity contribution is 0.218. The summed E-state index contributed by atoms with van der Waals surface area (Å²) in [6.45, 7) is 3.54. The van der Waals surface area contributed by atoms with E-state index in [1.807, 2.05) is 0 Å². The molecule has 1 aliphatic heterocycles. The van der Waals surface area contributed by atoms with Gasteiger partial charge in [-0.1, -0.05) is 18.6 Å². The van der Waals surface area contributed by atoms with Crippen molar-refractivity contribution in [3.05, 3.63) is 35.3 Å². The molecule has 114 valence electrons. The second-order valence-corrected chi connectivity index (χ2v) is 6.12. The molecule has 0 spiro atoms. The fraction of sp³-hybridized carbons (Fsp3) is 0.400. The molecule has 0 saturated carbocycles. The van der Waals surface area contributed by atoms with E-state index in [2.05, 4.69) is 38.9 Å². The SMILES string of the molecule is Cl.Cl.c1ccc2c(c1)nc1scc(CN3CCCCC3)n12. The highest BCUT2D eigenvalue weighted by atomic mass is 35.5. The first kappa shape index (κ1) is 16.6. The van der Waals surface area contributed by atoms with Crippen molar-refractivity contribution >= 4 is 52.1 Å². The number of piperidine rings is 1. The lowest BCUT2D eigenvalue weighted by Gasteiger charge is -2.25. The van der Waals surface area contributed by atoms with E-state index in [9.17, 15) is 0 Å². The van der Waals surface area contributed by atoms with Gasteiger partial charge in [0.05, 0.1) is 11.0 Å². The average Bonchev–Trinajstić information content (AvgIpc) is 3.00. The van der Waals surface area contributed by atoms with Gasteiger partial charge in [-0.2, -0.15) is 0 Å². The number of halogens is 2. The summed E-state index contributed by atoms with van der Waals surface area (Å²) in [5.41, 5.74) is 3.73. The summed E-state index contributed by atoms with van der Waals surface area (Å²) < 4.78 is 2.33. The van der Waals surface area contributed by atoms with Crippen LogP contribution in [0.3, 0.4) is 0 Å². The normalized spacial score (nSPS) is 15.8. The molecular weight excluding hydrogens is 325 g/mol. The van der Waals surface area contributed by atoms with Gasteiger partial charge in [-0.3, -0.25) is 9.30 Å². The third-order valence-electron chi connectivity index (χ3n) is 3.95. The minimum Gasteiger partial charge on any atom is -0.298 e. The molecule has 0 unspecified atom stereocenters. The van der Waals surface area contributed by atoms with Crippen molar-refractivity contribution in [3.63, 3.8) is 0 Å². The van der Waals surface area contributed by atoms with Gasteiger partial charge >= 0.3 is 0 Å². The van der Waals surface area contributed by atoms with Gasteiger partial charge < -0.3 is 0 Å². The molecule has 4 rings (SSSR count). The first-order valence-electron chi connectivity index (χ1n) is 6.98. The Labute approximate surface area is 140 Å². The summed E-state index contributed by atoms with van der Waals surface area (Å²) in [5.74, 6) is 0. The predicted octanol–water partition coefficient (Wildman–Crippen LogP) is 4.38. The minimum atomic E-state index is 0. The smallest absolute Gasteiger partial charge is 0.194 e. The van der Waals surface area contributed by atoms with Crippen LogP contribution in [0.1, 0.15) is 25.0 Å². The van der Waals surface area contributed by atoms with Crippen LogP contribution >= 0.6 is 36.2 Å². The van der Waals surface area contributed by atoms with Crippen molar-refractivity contribution in [2.75, 3.05) is 13.1 Å². The van der Waals surface area contributed by atoms with Crippen LogP contribution in [0.4, 0.5) is 0 Å². The van der Waals surface area contributed by atoms with Gasteiger partial charge in [0.1, 0.15) is 0 Å². The zero-order chi connectivity index (χ0) is 12.7. The van der Waals surface area contributed by atoms with Crippen molar-refractivity contribution in [3.8, 4) is 0 Å². The summed E-state index contributed by atoms with van der Waals surface area (Å²) >= 11 is 1.75. The number of para-hydroxylation sites is 2. The van der Waals surface area contributed by atoms with Crippen LogP contribution in [0, 0.1) is 0 Å². The van der Waals surface area contributed by atoms with Crippen LogP contribution in [0.5, 0.6) is 0 Å². The molecule has 0 N–H and O–H groups in total. The highest BCUT2D eigenvalue weighted by Gasteiger charge is 2.15. The number of nitrogens with zero attached hydrogens (tertiary/aromatic N) is 3. The highest BCUT2D eigenvalue weighted by molar-refractivity contribution is 7.15. The molecule has 3 nitrogen and oxygen atoms in total. The van der Waals surface area contributed by atoms with Crippen LogP contribution in [-0.2, 0) is 6.54 Å². The number of hydrogen-bond donors (Lipinski definition) is 0. The number of thiazole rings is 1. The molecule has 0 bridgehead atoms. The maximum Gasteiger partial charge on any atom is 0.194 e. The van der Waals surface area contributed by atoms with Crippen LogP contribution in [0.15, 0.2) is 29.6 Å². The summed E-state index contributed by atoms with van der Waals surface area (Å²) in [6, 6.07) is 8.42. The Balaban J connectivity index is 0.000000807. The first-order chi connectivity index (χ1) is 9.42. The van der Waals surface area contributed by atoms with Gasteiger partial charge in [0.15, 0.2) is 4.96 Å². The molecule has 1 fully saturated rings. The first-order valence-corrected chi connectivity index (χ1v) is 7.86. The third-order valence-corrected chi connectivity index (χ3v) is 4.83. The Bertz CT molecular complexity index is 716.